The molecule has 4 rings (SSSR count). The zero-order valence-corrected chi connectivity index (χ0v) is 16.2. The summed E-state index contributed by atoms with van der Waals surface area (Å²) < 4.78 is 7.24. The Labute approximate surface area is 162 Å². The summed E-state index contributed by atoms with van der Waals surface area (Å²) in [6.45, 7) is -0.0153. The maximum Gasteiger partial charge on any atom is 0.338 e. The molecule has 3 aromatic rings. The van der Waals surface area contributed by atoms with Crippen molar-refractivity contribution in [3.8, 4) is 0 Å². The quantitative estimate of drug-likeness (QED) is 0.613. The van der Waals surface area contributed by atoms with Crippen molar-refractivity contribution >= 4 is 45.8 Å². The summed E-state index contributed by atoms with van der Waals surface area (Å²) in [5.74, 6) is 1.96. The monoisotopic (exact) mass is 404 g/mol. The number of carbonyl (C=O) groups is 1. The Morgan fingerprint density at radius 2 is 2.00 bits per heavy atom. The fourth-order valence-electron chi connectivity index (χ4n) is 2.64. The maximum atomic E-state index is 12.3. The Balaban J connectivity index is 1.41. The van der Waals surface area contributed by atoms with Crippen LogP contribution in [0.15, 0.2) is 46.7 Å². The molecule has 0 radical (unpaired) electrons. The van der Waals surface area contributed by atoms with Crippen LogP contribution in [0.1, 0.15) is 32.6 Å². The largest absolute Gasteiger partial charge is 0.456 e. The Bertz CT molecular complexity index is 975. The molecule has 8 heteroatoms. The van der Waals surface area contributed by atoms with Gasteiger partial charge in [-0.05, 0) is 35.6 Å². The molecule has 3 heterocycles. The number of carbonyl (C=O) groups excluding carboxylic acids is 1. The van der Waals surface area contributed by atoms with E-state index in [1.54, 1.807) is 23.7 Å². The van der Waals surface area contributed by atoms with E-state index in [4.69, 9.17) is 4.74 Å². The van der Waals surface area contributed by atoms with Gasteiger partial charge in [0.15, 0.2) is 4.96 Å². The van der Waals surface area contributed by atoms with E-state index in [0.29, 0.717) is 20.8 Å². The predicted molar refractivity (Wildman–Crippen MR) is 107 cm³/mol. The molecule has 0 atom stereocenters. The number of ether oxygens (including phenoxy) is 1. The number of esters is 1. The van der Waals surface area contributed by atoms with Crippen LogP contribution in [0.4, 0.5) is 0 Å². The van der Waals surface area contributed by atoms with Crippen LogP contribution in [0.2, 0.25) is 0 Å². The minimum Gasteiger partial charge on any atom is -0.456 e. The number of thioether (sulfide) groups is 2. The van der Waals surface area contributed by atoms with Crippen molar-refractivity contribution in [2.24, 2.45) is 0 Å². The first-order chi connectivity index (χ1) is 12.7. The van der Waals surface area contributed by atoms with E-state index in [1.165, 1.54) is 45.3 Å². The van der Waals surface area contributed by atoms with E-state index in [0.717, 1.165) is 0 Å². The fraction of sp³-hybridized carbons (Fsp3) is 0.278. The number of rotatable bonds is 4. The molecular formula is C18H16N2O3S3. The average molecular weight is 405 g/mol. The van der Waals surface area contributed by atoms with Crippen LogP contribution in [0.5, 0.6) is 0 Å². The van der Waals surface area contributed by atoms with Crippen molar-refractivity contribution in [1.29, 1.82) is 0 Å². The summed E-state index contributed by atoms with van der Waals surface area (Å²) in [7, 11) is 0. The SMILES string of the molecule is O=C(OCc1cc(=O)n2ccsc2n1)c1ccc(C2SCCCS2)cc1. The van der Waals surface area contributed by atoms with Crippen LogP contribution in [0.25, 0.3) is 4.96 Å². The van der Waals surface area contributed by atoms with Gasteiger partial charge in [-0.2, -0.15) is 0 Å². The third kappa shape index (κ3) is 3.82. The zero-order valence-electron chi connectivity index (χ0n) is 13.8. The Morgan fingerprint density at radius 1 is 1.23 bits per heavy atom. The highest BCUT2D eigenvalue weighted by molar-refractivity contribution is 8.16. The van der Waals surface area contributed by atoms with E-state index in [1.807, 2.05) is 35.7 Å². The molecule has 0 N–H and O–H groups in total. The van der Waals surface area contributed by atoms with Crippen LogP contribution in [-0.4, -0.2) is 26.9 Å². The number of nitrogens with zero attached hydrogens (tertiary/aromatic N) is 2. The van der Waals surface area contributed by atoms with Gasteiger partial charge in [-0.3, -0.25) is 9.20 Å². The summed E-state index contributed by atoms with van der Waals surface area (Å²) in [4.78, 5) is 29.1. The molecule has 0 bridgehead atoms. The van der Waals surface area contributed by atoms with Gasteiger partial charge in [0.1, 0.15) is 6.61 Å². The molecule has 0 amide bonds. The number of benzene rings is 1. The van der Waals surface area contributed by atoms with E-state index in [-0.39, 0.29) is 12.2 Å². The second kappa shape index (κ2) is 7.85. The van der Waals surface area contributed by atoms with Crippen LogP contribution in [-0.2, 0) is 11.3 Å². The van der Waals surface area contributed by atoms with Crippen molar-refractivity contribution < 1.29 is 9.53 Å². The molecule has 1 aliphatic rings. The first kappa shape index (κ1) is 17.6. The summed E-state index contributed by atoms with van der Waals surface area (Å²) in [5.41, 5.74) is 2.02. The summed E-state index contributed by atoms with van der Waals surface area (Å²) >= 11 is 5.27. The van der Waals surface area contributed by atoms with Gasteiger partial charge in [-0.25, -0.2) is 9.78 Å². The highest BCUT2D eigenvalue weighted by Crippen LogP contribution is 2.43. The van der Waals surface area contributed by atoms with Gasteiger partial charge in [0.25, 0.3) is 5.56 Å². The molecule has 26 heavy (non-hydrogen) atoms. The zero-order chi connectivity index (χ0) is 17.9. The molecule has 1 aromatic carbocycles. The lowest BCUT2D eigenvalue weighted by atomic mass is 10.1. The first-order valence-electron chi connectivity index (χ1n) is 8.17. The second-order valence-corrected chi connectivity index (χ2v) is 9.36. The van der Waals surface area contributed by atoms with E-state index < -0.39 is 5.97 Å². The highest BCUT2D eigenvalue weighted by Gasteiger charge is 2.17. The molecular weight excluding hydrogens is 388 g/mol. The molecule has 5 nitrogen and oxygen atoms in total. The van der Waals surface area contributed by atoms with Gasteiger partial charge in [-0.1, -0.05) is 12.1 Å². The maximum absolute atomic E-state index is 12.3. The number of hydrogen-bond acceptors (Lipinski definition) is 7. The fourth-order valence-corrected chi connectivity index (χ4v) is 6.27. The van der Waals surface area contributed by atoms with Crippen molar-refractivity contribution in [3.05, 3.63) is 69.1 Å². The van der Waals surface area contributed by atoms with E-state index >= 15 is 0 Å². The third-order valence-electron chi connectivity index (χ3n) is 3.95. The lowest BCUT2D eigenvalue weighted by Gasteiger charge is -2.21. The van der Waals surface area contributed by atoms with Gasteiger partial charge in [-0.15, -0.1) is 34.9 Å². The molecule has 2 aromatic heterocycles. The Morgan fingerprint density at radius 3 is 2.77 bits per heavy atom. The molecule has 0 unspecified atom stereocenters. The van der Waals surface area contributed by atoms with Crippen molar-refractivity contribution in [3.63, 3.8) is 0 Å². The van der Waals surface area contributed by atoms with Gasteiger partial charge in [0.2, 0.25) is 0 Å². The second-order valence-electron chi connectivity index (χ2n) is 5.77. The molecule has 0 aliphatic carbocycles. The Kier molecular flexibility index (Phi) is 5.33. The van der Waals surface area contributed by atoms with Gasteiger partial charge in [0.05, 0.1) is 15.8 Å². The normalized spacial score (nSPS) is 15.2. The minimum atomic E-state index is -0.409. The molecule has 134 valence electrons. The lowest BCUT2D eigenvalue weighted by Crippen LogP contribution is -2.14. The number of thiazole rings is 1. The summed E-state index contributed by atoms with van der Waals surface area (Å²) in [5, 5.41) is 1.80. The highest BCUT2D eigenvalue weighted by atomic mass is 32.2. The summed E-state index contributed by atoms with van der Waals surface area (Å²) in [6, 6.07) is 8.99. The number of fused-ring (bicyclic) bond motifs is 1. The van der Waals surface area contributed by atoms with Gasteiger partial charge < -0.3 is 4.74 Å². The standard InChI is InChI=1S/C18H16N2O3S3/c21-15-10-14(19-18-20(15)6-9-26-18)11-23-16(22)12-2-4-13(5-3-12)17-24-7-1-8-25-17/h2-6,9-10,17H,1,7-8,11H2. The van der Waals surface area contributed by atoms with Crippen LogP contribution >= 0.6 is 34.9 Å². The van der Waals surface area contributed by atoms with Crippen molar-refractivity contribution in [1.82, 2.24) is 9.38 Å². The smallest absolute Gasteiger partial charge is 0.338 e. The van der Waals surface area contributed by atoms with Gasteiger partial charge in [0, 0.05) is 17.6 Å². The van der Waals surface area contributed by atoms with Gasteiger partial charge >= 0.3 is 5.97 Å². The van der Waals surface area contributed by atoms with Crippen LogP contribution in [0, 0.1) is 0 Å². The van der Waals surface area contributed by atoms with Crippen molar-refractivity contribution in [2.75, 3.05) is 11.5 Å². The van der Waals surface area contributed by atoms with Crippen molar-refractivity contribution in [2.45, 2.75) is 17.6 Å². The topological polar surface area (TPSA) is 60.7 Å². The molecule has 1 saturated heterocycles. The molecule has 1 aliphatic heterocycles. The Hall–Kier alpha value is -1.77. The lowest BCUT2D eigenvalue weighted by molar-refractivity contribution is 0.0468. The first-order valence-corrected chi connectivity index (χ1v) is 11.1. The van der Waals surface area contributed by atoms with E-state index in [2.05, 4.69) is 4.98 Å². The summed E-state index contributed by atoms with van der Waals surface area (Å²) in [6.07, 6.45) is 2.93. The average Bonchev–Trinajstić information content (AvgIpc) is 3.16. The molecule has 1 fully saturated rings. The molecule has 0 saturated carbocycles. The predicted octanol–water partition coefficient (Wildman–Crippen LogP) is 3.98. The van der Waals surface area contributed by atoms with Crippen LogP contribution in [0.3, 0.4) is 0 Å². The minimum absolute atomic E-state index is 0.0153. The molecule has 0 spiro atoms. The van der Waals surface area contributed by atoms with Crippen LogP contribution < -0.4 is 5.56 Å². The number of hydrogen-bond donors (Lipinski definition) is 0. The third-order valence-corrected chi connectivity index (χ3v) is 7.72. The number of aromatic nitrogens is 2. The van der Waals surface area contributed by atoms with E-state index in [9.17, 15) is 9.59 Å².